The van der Waals surface area contributed by atoms with Gasteiger partial charge in [-0.05, 0) is 40.2 Å². The Kier molecular flexibility index (Phi) is 6.21. The zero-order valence-electron chi connectivity index (χ0n) is 14.0. The number of carbonyl (C=O) groups excluding carboxylic acids is 1. The van der Waals surface area contributed by atoms with E-state index in [-0.39, 0.29) is 23.5 Å². The lowest BCUT2D eigenvalue weighted by molar-refractivity contribution is -0.124. The Hall–Kier alpha value is -1.55. The minimum atomic E-state index is -0.268. The highest BCUT2D eigenvalue weighted by molar-refractivity contribution is 5.82. The molecule has 1 aromatic carbocycles. The van der Waals surface area contributed by atoms with Gasteiger partial charge in [0.2, 0.25) is 5.91 Å². The molecule has 1 unspecified atom stereocenters. The van der Waals surface area contributed by atoms with Crippen LogP contribution in [0.3, 0.4) is 0 Å². The molecule has 4 nitrogen and oxygen atoms in total. The van der Waals surface area contributed by atoms with Gasteiger partial charge in [0, 0.05) is 17.1 Å². The zero-order chi connectivity index (χ0) is 16.0. The second-order valence-corrected chi connectivity index (χ2v) is 6.08. The summed E-state index contributed by atoms with van der Waals surface area (Å²) in [4.78, 5) is 12.2. The summed E-state index contributed by atoms with van der Waals surface area (Å²) in [5.41, 5.74) is 0.871. The molecule has 118 valence electrons. The van der Waals surface area contributed by atoms with E-state index in [9.17, 15) is 4.79 Å². The first-order valence-electron chi connectivity index (χ1n) is 7.51. The first kappa shape index (κ1) is 17.5. The maximum absolute atomic E-state index is 12.2. The summed E-state index contributed by atoms with van der Waals surface area (Å²) in [5, 5.41) is 6.38. The number of amides is 1. The summed E-state index contributed by atoms with van der Waals surface area (Å²) < 4.78 is 5.37. The number of benzene rings is 1. The Morgan fingerprint density at radius 2 is 1.90 bits per heavy atom. The van der Waals surface area contributed by atoms with Gasteiger partial charge in [0.1, 0.15) is 5.75 Å². The van der Waals surface area contributed by atoms with Crippen LogP contribution in [0, 0.1) is 0 Å². The number of hydrogen-bond acceptors (Lipinski definition) is 3. The van der Waals surface area contributed by atoms with Crippen LogP contribution in [-0.4, -0.2) is 24.6 Å². The van der Waals surface area contributed by atoms with Crippen molar-refractivity contribution in [1.29, 1.82) is 0 Å². The number of hydrogen-bond donors (Lipinski definition) is 2. The molecular weight excluding hydrogens is 264 g/mol. The Morgan fingerprint density at radius 1 is 1.29 bits per heavy atom. The normalized spacial score (nSPS) is 14.4. The number of para-hydroxylation sites is 1. The molecule has 0 bridgehead atoms. The number of methoxy groups -OCH3 is 1. The van der Waals surface area contributed by atoms with E-state index in [4.69, 9.17) is 4.74 Å². The molecule has 1 amide bonds. The summed E-state index contributed by atoms with van der Waals surface area (Å²) in [7, 11) is 1.66. The van der Waals surface area contributed by atoms with Crippen LogP contribution in [0.15, 0.2) is 24.3 Å². The monoisotopic (exact) mass is 292 g/mol. The predicted molar refractivity (Wildman–Crippen MR) is 86.5 cm³/mol. The molecule has 4 heteroatoms. The quantitative estimate of drug-likeness (QED) is 0.812. The van der Waals surface area contributed by atoms with Crippen LogP contribution in [-0.2, 0) is 4.79 Å². The van der Waals surface area contributed by atoms with Crippen molar-refractivity contribution in [2.24, 2.45) is 0 Å². The van der Waals surface area contributed by atoms with Gasteiger partial charge < -0.3 is 10.1 Å². The van der Waals surface area contributed by atoms with Gasteiger partial charge in [0.25, 0.3) is 0 Å². The van der Waals surface area contributed by atoms with E-state index < -0.39 is 0 Å². The number of ether oxygens (including phenoxy) is 1. The SMILES string of the molecule is CCC(C)(C)NC(=O)C(C)N[C@H](C)c1ccccc1OC. The highest BCUT2D eigenvalue weighted by Crippen LogP contribution is 2.24. The zero-order valence-corrected chi connectivity index (χ0v) is 14.0. The lowest BCUT2D eigenvalue weighted by atomic mass is 10.0. The predicted octanol–water partition coefficient (Wildman–Crippen LogP) is 3.04. The first-order valence-corrected chi connectivity index (χ1v) is 7.51. The molecule has 2 atom stereocenters. The molecular formula is C17H28N2O2. The standard InChI is InChI=1S/C17H28N2O2/c1-7-17(4,5)19-16(20)13(3)18-12(2)14-10-8-9-11-15(14)21-6/h8-13,18H,7H2,1-6H3,(H,19,20)/t12-,13?/m1/s1. The molecule has 0 radical (unpaired) electrons. The molecule has 0 aromatic heterocycles. The van der Waals surface area contributed by atoms with Gasteiger partial charge in [-0.3, -0.25) is 10.1 Å². The third-order valence-corrected chi connectivity index (χ3v) is 3.84. The highest BCUT2D eigenvalue weighted by atomic mass is 16.5. The van der Waals surface area contributed by atoms with E-state index in [0.29, 0.717) is 0 Å². The minimum absolute atomic E-state index is 0.0172. The average molecular weight is 292 g/mol. The van der Waals surface area contributed by atoms with Gasteiger partial charge in [0.15, 0.2) is 0 Å². The maximum atomic E-state index is 12.2. The third kappa shape index (κ3) is 5.05. The summed E-state index contributed by atoms with van der Waals surface area (Å²) in [6.45, 7) is 10.0. The number of nitrogens with one attached hydrogen (secondary N) is 2. The fourth-order valence-corrected chi connectivity index (χ4v) is 2.09. The Bertz CT molecular complexity index is 472. The first-order chi connectivity index (χ1) is 9.80. The molecule has 1 rings (SSSR count). The third-order valence-electron chi connectivity index (χ3n) is 3.84. The van der Waals surface area contributed by atoms with Gasteiger partial charge in [-0.25, -0.2) is 0 Å². The molecule has 0 aliphatic heterocycles. The Balaban J connectivity index is 2.69. The van der Waals surface area contributed by atoms with E-state index in [1.54, 1.807) is 7.11 Å². The molecule has 0 heterocycles. The lowest BCUT2D eigenvalue weighted by Gasteiger charge is -2.28. The van der Waals surface area contributed by atoms with Crippen LogP contribution in [0.2, 0.25) is 0 Å². The van der Waals surface area contributed by atoms with Crippen LogP contribution < -0.4 is 15.4 Å². The van der Waals surface area contributed by atoms with Crippen molar-refractivity contribution in [3.05, 3.63) is 29.8 Å². The van der Waals surface area contributed by atoms with Crippen molar-refractivity contribution in [2.75, 3.05) is 7.11 Å². The van der Waals surface area contributed by atoms with Gasteiger partial charge in [-0.2, -0.15) is 0 Å². The summed E-state index contributed by atoms with van der Waals surface area (Å²) in [6, 6.07) is 7.62. The second kappa shape index (κ2) is 7.46. The lowest BCUT2D eigenvalue weighted by Crippen LogP contribution is -2.51. The molecule has 2 N–H and O–H groups in total. The van der Waals surface area contributed by atoms with Crippen molar-refractivity contribution in [3.8, 4) is 5.75 Å². The molecule has 0 aliphatic rings. The van der Waals surface area contributed by atoms with E-state index in [1.165, 1.54) is 0 Å². The minimum Gasteiger partial charge on any atom is -0.496 e. The van der Waals surface area contributed by atoms with Crippen LogP contribution in [0.5, 0.6) is 5.75 Å². The van der Waals surface area contributed by atoms with Crippen molar-refractivity contribution in [2.45, 2.75) is 58.7 Å². The number of rotatable bonds is 7. The molecule has 0 fully saturated rings. The summed E-state index contributed by atoms with van der Waals surface area (Å²) in [6.07, 6.45) is 0.896. The fourth-order valence-electron chi connectivity index (χ4n) is 2.09. The van der Waals surface area contributed by atoms with E-state index in [2.05, 4.69) is 17.6 Å². The molecule has 1 aromatic rings. The Labute approximate surface area is 128 Å². The van der Waals surface area contributed by atoms with Crippen molar-refractivity contribution >= 4 is 5.91 Å². The maximum Gasteiger partial charge on any atom is 0.237 e. The van der Waals surface area contributed by atoms with E-state index in [1.807, 2.05) is 52.0 Å². The van der Waals surface area contributed by atoms with Crippen LogP contribution >= 0.6 is 0 Å². The Morgan fingerprint density at radius 3 is 2.48 bits per heavy atom. The van der Waals surface area contributed by atoms with E-state index in [0.717, 1.165) is 17.7 Å². The van der Waals surface area contributed by atoms with Crippen molar-refractivity contribution < 1.29 is 9.53 Å². The van der Waals surface area contributed by atoms with Crippen LogP contribution in [0.1, 0.15) is 52.6 Å². The van der Waals surface area contributed by atoms with E-state index >= 15 is 0 Å². The molecule has 0 aliphatic carbocycles. The summed E-state index contributed by atoms with van der Waals surface area (Å²) >= 11 is 0. The highest BCUT2D eigenvalue weighted by Gasteiger charge is 2.23. The fraction of sp³-hybridized carbons (Fsp3) is 0.588. The van der Waals surface area contributed by atoms with Gasteiger partial charge in [-0.15, -0.1) is 0 Å². The smallest absolute Gasteiger partial charge is 0.237 e. The van der Waals surface area contributed by atoms with Crippen molar-refractivity contribution in [1.82, 2.24) is 10.6 Å². The van der Waals surface area contributed by atoms with Crippen molar-refractivity contribution in [3.63, 3.8) is 0 Å². The molecule has 0 spiro atoms. The van der Waals surface area contributed by atoms with Crippen LogP contribution in [0.4, 0.5) is 0 Å². The molecule has 21 heavy (non-hydrogen) atoms. The topological polar surface area (TPSA) is 50.4 Å². The number of carbonyl (C=O) groups is 1. The van der Waals surface area contributed by atoms with Gasteiger partial charge in [0.05, 0.1) is 13.2 Å². The van der Waals surface area contributed by atoms with Crippen LogP contribution in [0.25, 0.3) is 0 Å². The average Bonchev–Trinajstić information content (AvgIpc) is 2.46. The molecule has 0 saturated heterocycles. The van der Waals surface area contributed by atoms with Gasteiger partial charge in [-0.1, -0.05) is 25.1 Å². The second-order valence-electron chi connectivity index (χ2n) is 6.08. The largest absolute Gasteiger partial charge is 0.496 e. The summed E-state index contributed by atoms with van der Waals surface area (Å²) in [5.74, 6) is 0.850. The van der Waals surface area contributed by atoms with Gasteiger partial charge >= 0.3 is 0 Å². The molecule has 0 saturated carbocycles.